The maximum atomic E-state index is 12.7. The van der Waals surface area contributed by atoms with Crippen molar-refractivity contribution in [3.63, 3.8) is 0 Å². The summed E-state index contributed by atoms with van der Waals surface area (Å²) in [6.45, 7) is 9.69. The van der Waals surface area contributed by atoms with Crippen LogP contribution >= 0.6 is 11.3 Å². The number of fused-ring (bicyclic) bond motifs is 1. The molecule has 2 N–H and O–H groups in total. The second-order valence-corrected chi connectivity index (χ2v) is 8.10. The second-order valence-electron chi connectivity index (χ2n) is 7.07. The van der Waals surface area contributed by atoms with E-state index < -0.39 is 0 Å². The van der Waals surface area contributed by atoms with Gasteiger partial charge in [-0.3, -0.25) is 9.59 Å². The highest BCUT2D eigenvalue weighted by atomic mass is 32.1. The van der Waals surface area contributed by atoms with E-state index in [4.69, 9.17) is 0 Å². The standard InChI is InChI=1S/C21H23N3O2S/c1-11(2)19(25)24-21-22-16-7-6-15(10-17(16)27-21)20(26)23-18-13(4)8-12(3)9-14(18)5/h6-11H,1-5H3,(H,23,26)(H,22,24,25). The van der Waals surface area contributed by atoms with Crippen molar-refractivity contribution >= 4 is 44.2 Å². The average Bonchev–Trinajstić information content (AvgIpc) is 2.98. The molecule has 0 fully saturated rings. The third kappa shape index (κ3) is 4.17. The molecule has 2 aromatic carbocycles. The van der Waals surface area contributed by atoms with E-state index in [-0.39, 0.29) is 17.7 Å². The van der Waals surface area contributed by atoms with Gasteiger partial charge in [0.15, 0.2) is 5.13 Å². The molecule has 0 radical (unpaired) electrons. The van der Waals surface area contributed by atoms with E-state index in [0.717, 1.165) is 27.0 Å². The molecule has 1 heterocycles. The van der Waals surface area contributed by atoms with Crippen LogP contribution < -0.4 is 10.6 Å². The fourth-order valence-electron chi connectivity index (χ4n) is 2.93. The number of aromatic nitrogens is 1. The molecule has 5 nitrogen and oxygen atoms in total. The molecule has 0 atom stereocenters. The van der Waals surface area contributed by atoms with E-state index in [1.165, 1.54) is 16.9 Å². The lowest BCUT2D eigenvalue weighted by atomic mass is 10.0. The van der Waals surface area contributed by atoms with Crippen LogP contribution in [0.3, 0.4) is 0 Å². The first kappa shape index (κ1) is 19.0. The van der Waals surface area contributed by atoms with Gasteiger partial charge in [0.1, 0.15) is 0 Å². The van der Waals surface area contributed by atoms with Crippen molar-refractivity contribution in [2.45, 2.75) is 34.6 Å². The molecule has 0 unspecified atom stereocenters. The van der Waals surface area contributed by atoms with Crippen molar-refractivity contribution < 1.29 is 9.59 Å². The van der Waals surface area contributed by atoms with Gasteiger partial charge in [-0.05, 0) is 50.1 Å². The Morgan fingerprint density at radius 2 is 1.67 bits per heavy atom. The monoisotopic (exact) mass is 381 g/mol. The zero-order chi connectivity index (χ0) is 19.7. The molecule has 0 aliphatic heterocycles. The molecule has 1 aromatic heterocycles. The first-order valence-corrected chi connectivity index (χ1v) is 9.67. The van der Waals surface area contributed by atoms with Crippen molar-refractivity contribution in [3.05, 3.63) is 52.6 Å². The van der Waals surface area contributed by atoms with Gasteiger partial charge in [-0.25, -0.2) is 4.98 Å². The van der Waals surface area contributed by atoms with Crippen LogP contribution in [0.2, 0.25) is 0 Å². The molecular weight excluding hydrogens is 358 g/mol. The minimum atomic E-state index is -0.159. The molecule has 3 aromatic rings. The van der Waals surface area contributed by atoms with Crippen LogP contribution in [0.25, 0.3) is 10.2 Å². The number of amides is 2. The van der Waals surface area contributed by atoms with Gasteiger partial charge in [-0.15, -0.1) is 0 Å². The lowest BCUT2D eigenvalue weighted by Gasteiger charge is -2.12. The number of rotatable bonds is 4. The molecule has 6 heteroatoms. The molecule has 3 rings (SSSR count). The van der Waals surface area contributed by atoms with E-state index >= 15 is 0 Å². The van der Waals surface area contributed by atoms with Crippen LogP contribution in [0.1, 0.15) is 40.9 Å². The molecule has 27 heavy (non-hydrogen) atoms. The van der Waals surface area contributed by atoms with Crippen molar-refractivity contribution in [2.75, 3.05) is 10.6 Å². The van der Waals surface area contributed by atoms with Crippen molar-refractivity contribution in [3.8, 4) is 0 Å². The molecule has 0 saturated heterocycles. The Kier molecular flexibility index (Phi) is 5.28. The highest BCUT2D eigenvalue weighted by Crippen LogP contribution is 2.28. The predicted molar refractivity (Wildman–Crippen MR) is 112 cm³/mol. The number of hydrogen-bond acceptors (Lipinski definition) is 4. The first-order valence-electron chi connectivity index (χ1n) is 8.85. The summed E-state index contributed by atoms with van der Waals surface area (Å²) in [4.78, 5) is 29.0. The maximum Gasteiger partial charge on any atom is 0.255 e. The van der Waals surface area contributed by atoms with Crippen molar-refractivity contribution in [1.82, 2.24) is 4.98 Å². The smallest absolute Gasteiger partial charge is 0.255 e. The summed E-state index contributed by atoms with van der Waals surface area (Å²) in [6, 6.07) is 9.48. The van der Waals surface area contributed by atoms with Gasteiger partial charge in [0.25, 0.3) is 5.91 Å². The van der Waals surface area contributed by atoms with E-state index in [1.807, 2.05) is 40.7 Å². The molecule has 140 valence electrons. The summed E-state index contributed by atoms with van der Waals surface area (Å²) >= 11 is 1.37. The fraction of sp³-hybridized carbons (Fsp3) is 0.286. The third-order valence-corrected chi connectivity index (χ3v) is 5.25. The number of hydrogen-bond donors (Lipinski definition) is 2. The van der Waals surface area contributed by atoms with Gasteiger partial charge in [0.05, 0.1) is 10.2 Å². The summed E-state index contributed by atoms with van der Waals surface area (Å²) in [7, 11) is 0. The van der Waals surface area contributed by atoms with E-state index in [0.29, 0.717) is 10.7 Å². The number of carbonyl (C=O) groups is 2. The lowest BCUT2D eigenvalue weighted by molar-refractivity contribution is -0.118. The SMILES string of the molecule is Cc1cc(C)c(NC(=O)c2ccc3nc(NC(=O)C(C)C)sc3c2)c(C)c1. The van der Waals surface area contributed by atoms with Crippen LogP contribution in [0, 0.1) is 26.7 Å². The molecule has 0 aliphatic carbocycles. The lowest BCUT2D eigenvalue weighted by Crippen LogP contribution is -2.17. The van der Waals surface area contributed by atoms with Crippen molar-refractivity contribution in [2.24, 2.45) is 5.92 Å². The first-order chi connectivity index (χ1) is 12.7. The predicted octanol–water partition coefficient (Wildman–Crippen LogP) is 5.07. The number of nitrogens with zero attached hydrogens (tertiary/aromatic N) is 1. The average molecular weight is 382 g/mol. The fourth-order valence-corrected chi connectivity index (χ4v) is 3.84. The molecule has 0 bridgehead atoms. The molecule has 0 saturated carbocycles. The van der Waals surface area contributed by atoms with Crippen LogP contribution in [-0.2, 0) is 4.79 Å². The number of nitrogens with one attached hydrogen (secondary N) is 2. The number of carbonyl (C=O) groups excluding carboxylic acids is 2. The molecule has 0 aliphatic rings. The van der Waals surface area contributed by atoms with Gasteiger partial charge >= 0.3 is 0 Å². The maximum absolute atomic E-state index is 12.7. The van der Waals surface area contributed by atoms with Crippen LogP contribution in [-0.4, -0.2) is 16.8 Å². The van der Waals surface area contributed by atoms with Crippen LogP contribution in [0.5, 0.6) is 0 Å². The number of thiazole rings is 1. The highest BCUT2D eigenvalue weighted by Gasteiger charge is 2.14. The summed E-state index contributed by atoms with van der Waals surface area (Å²) in [6.07, 6.45) is 0. The van der Waals surface area contributed by atoms with Crippen LogP contribution in [0.4, 0.5) is 10.8 Å². The van der Waals surface area contributed by atoms with Gasteiger partial charge in [0.2, 0.25) is 5.91 Å². The third-order valence-electron chi connectivity index (χ3n) is 4.32. The Bertz CT molecular complexity index is 1010. The largest absolute Gasteiger partial charge is 0.322 e. The van der Waals surface area contributed by atoms with Gasteiger partial charge in [-0.2, -0.15) is 0 Å². The van der Waals surface area contributed by atoms with E-state index in [9.17, 15) is 9.59 Å². The Morgan fingerprint density at radius 1 is 1.00 bits per heavy atom. The Labute approximate surface area is 162 Å². The topological polar surface area (TPSA) is 71.1 Å². The second kappa shape index (κ2) is 7.48. The number of anilines is 2. The number of aryl methyl sites for hydroxylation is 3. The zero-order valence-corrected chi connectivity index (χ0v) is 17.0. The summed E-state index contributed by atoms with van der Waals surface area (Å²) in [5, 5.41) is 6.37. The minimum absolute atomic E-state index is 0.0719. The van der Waals surface area contributed by atoms with Gasteiger partial charge in [-0.1, -0.05) is 42.9 Å². The summed E-state index contributed by atoms with van der Waals surface area (Å²) in [5.74, 6) is -0.343. The summed E-state index contributed by atoms with van der Waals surface area (Å²) in [5.41, 5.74) is 5.42. The Balaban J connectivity index is 1.84. The van der Waals surface area contributed by atoms with Gasteiger partial charge < -0.3 is 10.6 Å². The highest BCUT2D eigenvalue weighted by molar-refractivity contribution is 7.22. The molecule has 0 spiro atoms. The Hall–Kier alpha value is -2.73. The molecule has 2 amide bonds. The van der Waals surface area contributed by atoms with E-state index in [1.54, 1.807) is 12.1 Å². The van der Waals surface area contributed by atoms with E-state index in [2.05, 4.69) is 27.8 Å². The number of benzene rings is 2. The van der Waals surface area contributed by atoms with Gasteiger partial charge in [0, 0.05) is 17.2 Å². The minimum Gasteiger partial charge on any atom is -0.322 e. The normalized spacial score (nSPS) is 11.0. The Morgan fingerprint density at radius 3 is 2.30 bits per heavy atom. The molecular formula is C21H23N3O2S. The van der Waals surface area contributed by atoms with Crippen molar-refractivity contribution in [1.29, 1.82) is 0 Å². The quantitative estimate of drug-likeness (QED) is 0.663. The summed E-state index contributed by atoms with van der Waals surface area (Å²) < 4.78 is 0.860. The van der Waals surface area contributed by atoms with Crippen LogP contribution in [0.15, 0.2) is 30.3 Å². The zero-order valence-electron chi connectivity index (χ0n) is 16.1.